The van der Waals surface area contributed by atoms with Crippen LogP contribution >= 0.6 is 0 Å². The lowest BCUT2D eigenvalue weighted by atomic mass is 9.86. The first-order valence-electron chi connectivity index (χ1n) is 21.0. The van der Waals surface area contributed by atoms with Crippen molar-refractivity contribution in [2.75, 3.05) is 0 Å². The summed E-state index contributed by atoms with van der Waals surface area (Å²) in [7, 11) is 0. The Balaban J connectivity index is 1.03. The molecule has 0 spiro atoms. The maximum Gasteiger partial charge on any atom is 0.343 e. The summed E-state index contributed by atoms with van der Waals surface area (Å²) in [6, 6.07) is 52.1. The highest BCUT2D eigenvalue weighted by Crippen LogP contribution is 2.41. The fourth-order valence-corrected chi connectivity index (χ4v) is 7.12. The minimum atomic E-state index is -0.542. The van der Waals surface area contributed by atoms with E-state index in [0.717, 1.165) is 54.9 Å². The summed E-state index contributed by atoms with van der Waals surface area (Å²) in [5.41, 5.74) is 7.17. The number of carbonyl (C=O) groups is 4. The van der Waals surface area contributed by atoms with Crippen molar-refractivity contribution in [3.63, 3.8) is 0 Å². The van der Waals surface area contributed by atoms with Crippen molar-refractivity contribution in [2.24, 2.45) is 0 Å². The molecule has 0 radical (unpaired) electrons. The molecular formula is C58H42O8. The van der Waals surface area contributed by atoms with Gasteiger partial charge < -0.3 is 18.9 Å². The molecule has 8 rings (SSSR count). The van der Waals surface area contributed by atoms with Crippen molar-refractivity contribution in [1.82, 2.24) is 0 Å². The molecule has 0 amide bonds. The minimum absolute atomic E-state index is 0.274. The van der Waals surface area contributed by atoms with E-state index in [0.29, 0.717) is 34.1 Å². The van der Waals surface area contributed by atoms with Crippen molar-refractivity contribution >= 4 is 69.7 Å². The van der Waals surface area contributed by atoms with E-state index >= 15 is 0 Å². The molecule has 66 heavy (non-hydrogen) atoms. The van der Waals surface area contributed by atoms with Crippen LogP contribution in [0.4, 0.5) is 0 Å². The topological polar surface area (TPSA) is 105 Å². The van der Waals surface area contributed by atoms with Crippen molar-refractivity contribution in [1.29, 1.82) is 0 Å². The average molecular weight is 867 g/mol. The average Bonchev–Trinajstić information content (AvgIpc) is 3.33. The highest BCUT2D eigenvalue weighted by atomic mass is 16.5. The van der Waals surface area contributed by atoms with Gasteiger partial charge in [-0.05, 0) is 142 Å². The van der Waals surface area contributed by atoms with E-state index in [1.165, 1.54) is 48.5 Å². The van der Waals surface area contributed by atoms with Crippen LogP contribution in [-0.4, -0.2) is 23.9 Å². The zero-order valence-electron chi connectivity index (χ0n) is 36.2. The predicted octanol–water partition coefficient (Wildman–Crippen LogP) is 13.4. The Hall–Kier alpha value is -8.88. The molecule has 8 nitrogen and oxygen atoms in total. The maximum atomic E-state index is 12.9. The lowest BCUT2D eigenvalue weighted by Crippen LogP contribution is -2.10. The monoisotopic (exact) mass is 866 g/mol. The molecule has 8 aromatic carbocycles. The van der Waals surface area contributed by atoms with Crippen LogP contribution in [0.25, 0.3) is 57.0 Å². The van der Waals surface area contributed by atoms with Crippen LogP contribution in [0.3, 0.4) is 0 Å². The summed E-state index contributed by atoms with van der Waals surface area (Å²) in [6.45, 7) is 10.3. The first-order valence-corrected chi connectivity index (χ1v) is 21.0. The lowest BCUT2D eigenvalue weighted by molar-refractivity contribution is -0.130. The van der Waals surface area contributed by atoms with Crippen molar-refractivity contribution in [3.8, 4) is 34.1 Å². The van der Waals surface area contributed by atoms with Crippen LogP contribution in [0.5, 0.6) is 23.0 Å². The number of rotatable bonds is 13. The Kier molecular flexibility index (Phi) is 13.0. The lowest BCUT2D eigenvalue weighted by Gasteiger charge is -2.17. The molecule has 0 aromatic heterocycles. The Morgan fingerprint density at radius 3 is 1.08 bits per heavy atom. The highest BCUT2D eigenvalue weighted by molar-refractivity contribution is 6.11. The number of carbonyl (C=O) groups excluding carboxylic acids is 4. The molecule has 0 aliphatic carbocycles. The summed E-state index contributed by atoms with van der Waals surface area (Å²) >= 11 is 0. The molecule has 0 unspecified atom stereocenters. The largest absolute Gasteiger partial charge is 0.423 e. The molecule has 0 aliphatic heterocycles. The van der Waals surface area contributed by atoms with Gasteiger partial charge in [0.25, 0.3) is 0 Å². The number of hydrogen-bond acceptors (Lipinski definition) is 8. The summed E-state index contributed by atoms with van der Waals surface area (Å²) in [5, 5.41) is 4.41. The van der Waals surface area contributed by atoms with Gasteiger partial charge in [0, 0.05) is 11.1 Å². The van der Waals surface area contributed by atoms with E-state index in [-0.39, 0.29) is 11.1 Å². The Morgan fingerprint density at radius 2 is 0.712 bits per heavy atom. The zero-order chi connectivity index (χ0) is 46.2. The molecule has 0 N–H and O–H groups in total. The van der Waals surface area contributed by atoms with Crippen LogP contribution < -0.4 is 18.9 Å². The van der Waals surface area contributed by atoms with Crippen LogP contribution in [0.1, 0.15) is 56.8 Å². The van der Waals surface area contributed by atoms with Gasteiger partial charge in [-0.3, -0.25) is 0 Å². The minimum Gasteiger partial charge on any atom is -0.423 e. The maximum absolute atomic E-state index is 12.9. The normalized spacial score (nSPS) is 11.1. The smallest absolute Gasteiger partial charge is 0.343 e. The van der Waals surface area contributed by atoms with E-state index < -0.39 is 23.9 Å². The molecule has 322 valence electrons. The molecule has 8 heteroatoms. The van der Waals surface area contributed by atoms with Gasteiger partial charge in [-0.2, -0.15) is 0 Å². The molecular weight excluding hydrogens is 825 g/mol. The highest BCUT2D eigenvalue weighted by Gasteiger charge is 2.17. The van der Waals surface area contributed by atoms with Crippen molar-refractivity contribution < 1.29 is 38.1 Å². The number of fused-ring (bicyclic) bond motifs is 2. The summed E-state index contributed by atoms with van der Waals surface area (Å²) < 4.78 is 21.7. The third-order valence-electron chi connectivity index (χ3n) is 10.6. The molecule has 0 saturated carbocycles. The molecule has 0 atom stereocenters. The van der Waals surface area contributed by atoms with Gasteiger partial charge in [-0.1, -0.05) is 135 Å². The third kappa shape index (κ3) is 10.3. The van der Waals surface area contributed by atoms with E-state index in [2.05, 4.69) is 86.0 Å². The fraction of sp³-hybridized carbons (Fsp3) is 0.0345. The Bertz CT molecular complexity index is 3010. The fourth-order valence-electron chi connectivity index (χ4n) is 7.12. The van der Waals surface area contributed by atoms with E-state index in [9.17, 15) is 19.2 Å². The van der Waals surface area contributed by atoms with Crippen molar-refractivity contribution in [2.45, 2.75) is 13.8 Å². The van der Waals surface area contributed by atoms with Gasteiger partial charge in [0.1, 0.15) is 23.0 Å². The molecule has 0 bridgehead atoms. The van der Waals surface area contributed by atoms with Crippen LogP contribution in [0, 0.1) is 0 Å². The molecule has 0 heterocycles. The van der Waals surface area contributed by atoms with E-state index in [1.807, 2.05) is 48.6 Å². The first kappa shape index (κ1) is 43.8. The van der Waals surface area contributed by atoms with E-state index in [1.54, 1.807) is 38.1 Å². The number of esters is 4. The van der Waals surface area contributed by atoms with Gasteiger partial charge >= 0.3 is 23.9 Å². The summed E-state index contributed by atoms with van der Waals surface area (Å²) in [6.07, 6.45) is 8.28. The second-order valence-corrected chi connectivity index (χ2v) is 15.5. The van der Waals surface area contributed by atoms with Crippen LogP contribution in [-0.2, 0) is 9.59 Å². The second kappa shape index (κ2) is 19.7. The molecule has 0 aliphatic rings. The Morgan fingerprint density at radius 1 is 0.379 bits per heavy atom. The first-order chi connectivity index (χ1) is 32.0. The molecule has 8 aromatic rings. The molecule has 0 saturated heterocycles. The zero-order valence-corrected chi connectivity index (χ0v) is 36.2. The van der Waals surface area contributed by atoms with Gasteiger partial charge in [-0.15, -0.1) is 0 Å². The van der Waals surface area contributed by atoms with Gasteiger partial charge in [0.05, 0.1) is 11.1 Å². The molecule has 0 fully saturated rings. The van der Waals surface area contributed by atoms with Gasteiger partial charge in [0.15, 0.2) is 0 Å². The number of hydrogen-bond donors (Lipinski definition) is 0. The van der Waals surface area contributed by atoms with E-state index in [4.69, 9.17) is 18.9 Å². The van der Waals surface area contributed by atoms with Crippen LogP contribution in [0.2, 0.25) is 0 Å². The van der Waals surface area contributed by atoms with Gasteiger partial charge in [-0.25, -0.2) is 19.2 Å². The Labute approximate surface area is 382 Å². The van der Waals surface area contributed by atoms with Crippen LogP contribution in [0.15, 0.2) is 194 Å². The number of ether oxygens (including phenoxy) is 4. The summed E-state index contributed by atoms with van der Waals surface area (Å²) in [4.78, 5) is 49.5. The number of benzene rings is 8. The second-order valence-electron chi connectivity index (χ2n) is 15.5. The quantitative estimate of drug-likeness (QED) is 0.0488. The van der Waals surface area contributed by atoms with Crippen molar-refractivity contribution in [3.05, 3.63) is 228 Å². The standard InChI is InChI=1S/C58H42O8/c1-37(2)55(59)63-49-33-25-45(26-34-49)57(61)65-47-29-15-39(16-30-47)13-19-43-23-21-41-9-5-7-11-51(41)53(43)54-44(24-22-42-10-6-8-12-52(42)54)20-14-40-17-31-48(32-18-40)66-58(62)46-27-35-50(36-28-46)64-56(60)38(3)4/h5-36H,1,3H2,2,4H3/b19-13-,20-14-. The predicted molar refractivity (Wildman–Crippen MR) is 261 cm³/mol. The van der Waals surface area contributed by atoms with Gasteiger partial charge in [0.2, 0.25) is 0 Å². The third-order valence-corrected chi connectivity index (χ3v) is 10.6. The SMILES string of the molecule is C=C(C)C(=O)Oc1ccc(C(=O)Oc2ccc(/C=C\c3ccc4ccccc4c3-c3c(/C=C\c4ccc(OC(=O)c5ccc(OC(=O)C(=C)C)cc5)cc4)ccc4ccccc34)cc2)cc1. The summed E-state index contributed by atoms with van der Waals surface area (Å²) in [5.74, 6) is -0.791.